The molecule has 1 aliphatic heterocycles. The molecule has 3 nitrogen and oxygen atoms in total. The van der Waals surface area contributed by atoms with Crippen LogP contribution in [-0.4, -0.2) is 38.2 Å². The Morgan fingerprint density at radius 2 is 1.90 bits per heavy atom. The molecule has 21 heavy (non-hydrogen) atoms. The van der Waals surface area contributed by atoms with Crippen LogP contribution < -0.4 is 10.1 Å². The summed E-state index contributed by atoms with van der Waals surface area (Å²) in [5.41, 5.74) is 2.90. The molecule has 3 heteroatoms. The standard InChI is InChI=1S/C18H28N2O/c1-14-13-16(21-2)7-8-17(14)18(15-5-3-4-6-15)20-11-9-19-10-12-20/h7-8,13,15,18-19H,3-6,9-12H2,1-2H3/t18-/m0/s1. The van der Waals surface area contributed by atoms with E-state index in [-0.39, 0.29) is 0 Å². The molecule has 1 aliphatic carbocycles. The summed E-state index contributed by atoms with van der Waals surface area (Å²) in [4.78, 5) is 2.71. The highest BCUT2D eigenvalue weighted by Crippen LogP contribution is 2.41. The van der Waals surface area contributed by atoms with Crippen LogP contribution in [0.5, 0.6) is 5.75 Å². The zero-order chi connectivity index (χ0) is 14.7. The first-order valence-electron chi connectivity index (χ1n) is 8.39. The van der Waals surface area contributed by atoms with E-state index in [0.717, 1.165) is 24.8 Å². The fourth-order valence-corrected chi connectivity index (χ4v) is 4.09. The van der Waals surface area contributed by atoms with Crippen LogP contribution in [0, 0.1) is 12.8 Å². The van der Waals surface area contributed by atoms with E-state index in [9.17, 15) is 0 Å². The summed E-state index contributed by atoms with van der Waals surface area (Å²) in [6, 6.07) is 7.23. The van der Waals surface area contributed by atoms with Crippen molar-refractivity contribution in [1.82, 2.24) is 10.2 Å². The van der Waals surface area contributed by atoms with Gasteiger partial charge in [-0.15, -0.1) is 0 Å². The average Bonchev–Trinajstić information content (AvgIpc) is 3.04. The molecule has 116 valence electrons. The van der Waals surface area contributed by atoms with E-state index in [1.165, 1.54) is 49.9 Å². The van der Waals surface area contributed by atoms with Crippen molar-refractivity contribution in [2.75, 3.05) is 33.3 Å². The van der Waals surface area contributed by atoms with Crippen molar-refractivity contribution in [3.05, 3.63) is 29.3 Å². The molecular weight excluding hydrogens is 260 g/mol. The summed E-state index contributed by atoms with van der Waals surface area (Å²) in [5.74, 6) is 1.80. The molecule has 0 radical (unpaired) electrons. The minimum atomic E-state index is 0.598. The maximum Gasteiger partial charge on any atom is 0.119 e. The van der Waals surface area contributed by atoms with E-state index >= 15 is 0 Å². The van der Waals surface area contributed by atoms with E-state index < -0.39 is 0 Å². The Kier molecular flexibility index (Phi) is 4.81. The molecule has 1 heterocycles. The number of hydrogen-bond donors (Lipinski definition) is 1. The third kappa shape index (κ3) is 3.24. The fourth-order valence-electron chi connectivity index (χ4n) is 4.09. The van der Waals surface area contributed by atoms with Gasteiger partial charge >= 0.3 is 0 Å². The monoisotopic (exact) mass is 288 g/mol. The molecular formula is C18H28N2O. The number of aryl methyl sites for hydroxylation is 1. The van der Waals surface area contributed by atoms with Gasteiger partial charge in [0.1, 0.15) is 5.75 Å². The van der Waals surface area contributed by atoms with Gasteiger partial charge in [0.2, 0.25) is 0 Å². The summed E-state index contributed by atoms with van der Waals surface area (Å²) in [5, 5.41) is 3.48. The second-order valence-electron chi connectivity index (χ2n) is 6.50. The van der Waals surface area contributed by atoms with Crippen LogP contribution in [0.1, 0.15) is 42.9 Å². The number of methoxy groups -OCH3 is 1. The lowest BCUT2D eigenvalue weighted by atomic mass is 9.87. The van der Waals surface area contributed by atoms with Crippen LogP contribution in [-0.2, 0) is 0 Å². The van der Waals surface area contributed by atoms with E-state index in [4.69, 9.17) is 4.74 Å². The number of nitrogens with one attached hydrogen (secondary N) is 1. The topological polar surface area (TPSA) is 24.5 Å². The molecule has 0 amide bonds. The van der Waals surface area contributed by atoms with Crippen LogP contribution in [0.4, 0.5) is 0 Å². The number of ether oxygens (including phenoxy) is 1. The highest BCUT2D eigenvalue weighted by molar-refractivity contribution is 5.37. The molecule has 2 aliphatic rings. The van der Waals surface area contributed by atoms with Gasteiger partial charge in [0, 0.05) is 32.2 Å². The predicted octanol–water partition coefficient (Wildman–Crippen LogP) is 3.14. The lowest BCUT2D eigenvalue weighted by molar-refractivity contribution is 0.125. The quantitative estimate of drug-likeness (QED) is 0.921. The van der Waals surface area contributed by atoms with Crippen molar-refractivity contribution in [2.45, 2.75) is 38.6 Å². The molecule has 1 atom stereocenters. The molecule has 3 rings (SSSR count). The summed E-state index contributed by atoms with van der Waals surface area (Å²) in [6.07, 6.45) is 5.59. The second kappa shape index (κ2) is 6.80. The third-order valence-electron chi connectivity index (χ3n) is 5.19. The highest BCUT2D eigenvalue weighted by Gasteiger charge is 2.32. The molecule has 1 aromatic rings. The van der Waals surface area contributed by atoms with Gasteiger partial charge in [0.05, 0.1) is 7.11 Å². The third-order valence-corrected chi connectivity index (χ3v) is 5.19. The number of nitrogens with zero attached hydrogens (tertiary/aromatic N) is 1. The molecule has 0 unspecified atom stereocenters. The van der Waals surface area contributed by atoms with E-state index in [0.29, 0.717) is 6.04 Å². The summed E-state index contributed by atoms with van der Waals surface area (Å²) in [6.45, 7) is 6.83. The van der Waals surface area contributed by atoms with Gasteiger partial charge in [-0.2, -0.15) is 0 Å². The summed E-state index contributed by atoms with van der Waals surface area (Å²) < 4.78 is 5.38. The molecule has 0 aromatic heterocycles. The smallest absolute Gasteiger partial charge is 0.119 e. The van der Waals surface area contributed by atoms with Crippen LogP contribution in [0.2, 0.25) is 0 Å². The van der Waals surface area contributed by atoms with Gasteiger partial charge in [0.15, 0.2) is 0 Å². The van der Waals surface area contributed by atoms with Crippen molar-refractivity contribution in [2.24, 2.45) is 5.92 Å². The Labute approximate surface area is 128 Å². The van der Waals surface area contributed by atoms with Crippen LogP contribution >= 0.6 is 0 Å². The van der Waals surface area contributed by atoms with Gasteiger partial charge in [-0.1, -0.05) is 18.9 Å². The normalized spacial score (nSPS) is 22.4. The number of benzene rings is 1. The number of hydrogen-bond acceptors (Lipinski definition) is 3. The van der Waals surface area contributed by atoms with Gasteiger partial charge in [-0.3, -0.25) is 4.90 Å². The summed E-state index contributed by atoms with van der Waals surface area (Å²) in [7, 11) is 1.75. The Morgan fingerprint density at radius 1 is 1.19 bits per heavy atom. The fraction of sp³-hybridized carbons (Fsp3) is 0.667. The van der Waals surface area contributed by atoms with Crippen molar-refractivity contribution in [3.63, 3.8) is 0 Å². The van der Waals surface area contributed by atoms with Crippen LogP contribution in [0.15, 0.2) is 18.2 Å². The van der Waals surface area contributed by atoms with E-state index in [2.05, 4.69) is 35.3 Å². The molecule has 1 saturated carbocycles. The Morgan fingerprint density at radius 3 is 2.52 bits per heavy atom. The lowest BCUT2D eigenvalue weighted by Crippen LogP contribution is -2.46. The number of piperazine rings is 1. The van der Waals surface area contributed by atoms with Crippen molar-refractivity contribution in [1.29, 1.82) is 0 Å². The Hall–Kier alpha value is -1.06. The molecule has 1 aromatic carbocycles. The first-order chi connectivity index (χ1) is 10.3. The highest BCUT2D eigenvalue weighted by atomic mass is 16.5. The summed E-state index contributed by atoms with van der Waals surface area (Å²) >= 11 is 0. The van der Waals surface area contributed by atoms with Gasteiger partial charge < -0.3 is 10.1 Å². The van der Waals surface area contributed by atoms with Crippen LogP contribution in [0.3, 0.4) is 0 Å². The molecule has 1 saturated heterocycles. The number of rotatable bonds is 4. The van der Waals surface area contributed by atoms with E-state index in [1.807, 2.05) is 0 Å². The average molecular weight is 288 g/mol. The van der Waals surface area contributed by atoms with Crippen molar-refractivity contribution < 1.29 is 4.74 Å². The Bertz CT molecular complexity index is 462. The van der Waals surface area contributed by atoms with Crippen molar-refractivity contribution in [3.8, 4) is 5.75 Å². The van der Waals surface area contributed by atoms with Gasteiger partial charge in [-0.25, -0.2) is 0 Å². The second-order valence-corrected chi connectivity index (χ2v) is 6.50. The first-order valence-corrected chi connectivity index (χ1v) is 8.39. The van der Waals surface area contributed by atoms with Gasteiger partial charge in [-0.05, 0) is 48.9 Å². The SMILES string of the molecule is COc1ccc([C@H](C2CCCC2)N2CCNCC2)c(C)c1. The molecule has 1 N–H and O–H groups in total. The zero-order valence-electron chi connectivity index (χ0n) is 13.4. The zero-order valence-corrected chi connectivity index (χ0v) is 13.4. The van der Waals surface area contributed by atoms with Crippen molar-refractivity contribution >= 4 is 0 Å². The maximum absolute atomic E-state index is 5.38. The minimum Gasteiger partial charge on any atom is -0.497 e. The molecule has 0 spiro atoms. The van der Waals surface area contributed by atoms with Gasteiger partial charge in [0.25, 0.3) is 0 Å². The minimum absolute atomic E-state index is 0.598. The predicted molar refractivity (Wildman–Crippen MR) is 86.9 cm³/mol. The van der Waals surface area contributed by atoms with Crippen LogP contribution in [0.25, 0.3) is 0 Å². The largest absolute Gasteiger partial charge is 0.497 e. The van der Waals surface area contributed by atoms with E-state index in [1.54, 1.807) is 7.11 Å². The lowest BCUT2D eigenvalue weighted by Gasteiger charge is -2.39. The molecule has 2 fully saturated rings. The molecule has 0 bridgehead atoms. The Balaban J connectivity index is 1.89. The maximum atomic E-state index is 5.38. The first kappa shape index (κ1) is 14.9.